The average molecular weight is 286 g/mol. The molecule has 0 saturated heterocycles. The summed E-state index contributed by atoms with van der Waals surface area (Å²) >= 11 is 5.76. The van der Waals surface area contributed by atoms with Crippen molar-refractivity contribution in [2.45, 2.75) is 20.4 Å². The van der Waals surface area contributed by atoms with Crippen LogP contribution in [0, 0.1) is 10.1 Å². The molecule has 0 aliphatic rings. The molecule has 0 spiro atoms. The van der Waals surface area contributed by atoms with Crippen molar-refractivity contribution in [1.29, 1.82) is 0 Å². The molecule has 1 aromatic rings. The first kappa shape index (κ1) is 15.9. The SMILES string of the molecule is CCN(CC)CCNCc1ccc(Cl)c([N+](=O)[O-])c1. The Morgan fingerprint density at radius 2 is 2.05 bits per heavy atom. The van der Waals surface area contributed by atoms with Gasteiger partial charge in [0.25, 0.3) is 5.69 Å². The van der Waals surface area contributed by atoms with Crippen LogP contribution in [0.4, 0.5) is 5.69 Å². The summed E-state index contributed by atoms with van der Waals surface area (Å²) in [6.07, 6.45) is 0. The molecule has 0 aromatic heterocycles. The minimum atomic E-state index is -0.457. The van der Waals surface area contributed by atoms with Crippen LogP contribution in [-0.4, -0.2) is 36.0 Å². The van der Waals surface area contributed by atoms with Gasteiger partial charge in [-0.2, -0.15) is 0 Å². The van der Waals surface area contributed by atoms with Gasteiger partial charge in [0.05, 0.1) is 4.92 Å². The number of halogens is 1. The van der Waals surface area contributed by atoms with Crippen molar-refractivity contribution in [1.82, 2.24) is 10.2 Å². The number of hydrogen-bond acceptors (Lipinski definition) is 4. The molecule has 0 saturated carbocycles. The lowest BCUT2D eigenvalue weighted by Crippen LogP contribution is -2.31. The van der Waals surface area contributed by atoms with Crippen molar-refractivity contribution >= 4 is 17.3 Å². The topological polar surface area (TPSA) is 58.4 Å². The molecule has 1 rings (SSSR count). The van der Waals surface area contributed by atoms with Crippen LogP contribution in [0.2, 0.25) is 5.02 Å². The van der Waals surface area contributed by atoms with E-state index < -0.39 is 4.92 Å². The fraction of sp³-hybridized carbons (Fsp3) is 0.538. The fourth-order valence-electron chi connectivity index (χ4n) is 1.82. The first-order valence-electron chi connectivity index (χ1n) is 6.44. The second-order valence-corrected chi connectivity index (χ2v) is 4.65. The maximum atomic E-state index is 10.8. The molecule has 0 fully saturated rings. The quantitative estimate of drug-likeness (QED) is 0.453. The number of nitrogens with one attached hydrogen (secondary N) is 1. The van der Waals surface area contributed by atoms with Gasteiger partial charge < -0.3 is 10.2 Å². The highest BCUT2D eigenvalue weighted by Crippen LogP contribution is 2.24. The Kier molecular flexibility index (Phi) is 6.77. The van der Waals surface area contributed by atoms with E-state index in [2.05, 4.69) is 24.1 Å². The highest BCUT2D eigenvalue weighted by molar-refractivity contribution is 6.32. The minimum Gasteiger partial charge on any atom is -0.311 e. The zero-order chi connectivity index (χ0) is 14.3. The highest BCUT2D eigenvalue weighted by Gasteiger charge is 2.12. The van der Waals surface area contributed by atoms with Crippen molar-refractivity contribution in [2.75, 3.05) is 26.2 Å². The van der Waals surface area contributed by atoms with Gasteiger partial charge >= 0.3 is 0 Å². The molecule has 0 unspecified atom stereocenters. The molecule has 0 heterocycles. The third-order valence-corrected chi connectivity index (χ3v) is 3.36. The molecule has 1 N–H and O–H groups in total. The van der Waals surface area contributed by atoms with Crippen molar-refractivity contribution in [3.05, 3.63) is 38.9 Å². The largest absolute Gasteiger partial charge is 0.311 e. The third kappa shape index (κ3) is 5.14. The van der Waals surface area contributed by atoms with Crippen LogP contribution >= 0.6 is 11.6 Å². The molecular weight excluding hydrogens is 266 g/mol. The summed E-state index contributed by atoms with van der Waals surface area (Å²) in [6, 6.07) is 4.90. The second-order valence-electron chi connectivity index (χ2n) is 4.25. The van der Waals surface area contributed by atoms with Gasteiger partial charge in [0.15, 0.2) is 0 Å². The van der Waals surface area contributed by atoms with Gasteiger partial charge in [0.2, 0.25) is 0 Å². The smallest absolute Gasteiger partial charge is 0.288 e. The van der Waals surface area contributed by atoms with E-state index in [9.17, 15) is 10.1 Å². The summed E-state index contributed by atoms with van der Waals surface area (Å²) < 4.78 is 0. The fourth-order valence-corrected chi connectivity index (χ4v) is 2.00. The van der Waals surface area contributed by atoms with Crippen LogP contribution in [-0.2, 0) is 6.54 Å². The summed E-state index contributed by atoms with van der Waals surface area (Å²) in [5.41, 5.74) is 0.834. The number of hydrogen-bond donors (Lipinski definition) is 1. The van der Waals surface area contributed by atoms with Gasteiger partial charge in [-0.15, -0.1) is 0 Å². The van der Waals surface area contributed by atoms with Gasteiger partial charge in [0, 0.05) is 25.7 Å². The zero-order valence-electron chi connectivity index (χ0n) is 11.4. The van der Waals surface area contributed by atoms with Gasteiger partial charge in [0.1, 0.15) is 5.02 Å². The second kappa shape index (κ2) is 8.09. The van der Waals surface area contributed by atoms with E-state index in [-0.39, 0.29) is 10.7 Å². The van der Waals surface area contributed by atoms with E-state index in [0.717, 1.165) is 31.7 Å². The van der Waals surface area contributed by atoms with E-state index in [4.69, 9.17) is 11.6 Å². The van der Waals surface area contributed by atoms with Gasteiger partial charge in [-0.25, -0.2) is 0 Å². The molecule has 19 heavy (non-hydrogen) atoms. The van der Waals surface area contributed by atoms with Crippen molar-refractivity contribution < 1.29 is 4.92 Å². The standard InChI is InChI=1S/C13H20ClN3O2/c1-3-16(4-2)8-7-15-10-11-5-6-12(14)13(9-11)17(18)19/h5-6,9,15H,3-4,7-8,10H2,1-2H3. The highest BCUT2D eigenvalue weighted by atomic mass is 35.5. The van der Waals surface area contributed by atoms with E-state index in [0.29, 0.717) is 6.54 Å². The molecule has 6 heteroatoms. The lowest BCUT2D eigenvalue weighted by Gasteiger charge is -2.17. The Labute approximate surface area is 118 Å². The number of rotatable bonds is 8. The molecule has 1 aromatic carbocycles. The Morgan fingerprint density at radius 3 is 2.63 bits per heavy atom. The van der Waals surface area contributed by atoms with Crippen LogP contribution in [0.1, 0.15) is 19.4 Å². The van der Waals surface area contributed by atoms with Crippen molar-refractivity contribution in [3.8, 4) is 0 Å². The maximum Gasteiger partial charge on any atom is 0.288 e. The van der Waals surface area contributed by atoms with E-state index in [1.54, 1.807) is 12.1 Å². The van der Waals surface area contributed by atoms with Gasteiger partial charge in [-0.3, -0.25) is 10.1 Å². The van der Waals surface area contributed by atoms with Crippen LogP contribution in [0.5, 0.6) is 0 Å². The number of benzene rings is 1. The summed E-state index contributed by atoms with van der Waals surface area (Å²) in [5.74, 6) is 0. The number of nitro groups is 1. The molecule has 0 amide bonds. The van der Waals surface area contributed by atoms with Gasteiger partial charge in [-0.1, -0.05) is 31.5 Å². The van der Waals surface area contributed by atoms with Crippen molar-refractivity contribution in [3.63, 3.8) is 0 Å². The van der Waals surface area contributed by atoms with Gasteiger partial charge in [-0.05, 0) is 24.7 Å². The molecule has 0 radical (unpaired) electrons. The Hall–Kier alpha value is -1.17. The molecule has 0 atom stereocenters. The summed E-state index contributed by atoms with van der Waals surface area (Å²) in [4.78, 5) is 12.6. The summed E-state index contributed by atoms with van der Waals surface area (Å²) in [7, 11) is 0. The lowest BCUT2D eigenvalue weighted by atomic mass is 10.2. The molecule has 0 aliphatic heterocycles. The molecule has 106 valence electrons. The van der Waals surface area contributed by atoms with Crippen molar-refractivity contribution in [2.24, 2.45) is 0 Å². The number of likely N-dealkylation sites (N-methyl/N-ethyl adjacent to an activating group) is 1. The summed E-state index contributed by atoms with van der Waals surface area (Å²) in [5, 5.41) is 14.2. The van der Waals surface area contributed by atoms with Crippen LogP contribution in [0.15, 0.2) is 18.2 Å². The number of nitrogens with zero attached hydrogens (tertiary/aromatic N) is 2. The Balaban J connectivity index is 2.46. The average Bonchev–Trinajstić information content (AvgIpc) is 2.40. The van der Waals surface area contributed by atoms with Crippen LogP contribution in [0.3, 0.4) is 0 Å². The monoisotopic (exact) mass is 285 g/mol. The third-order valence-electron chi connectivity index (χ3n) is 3.04. The minimum absolute atomic E-state index is 0.0373. The lowest BCUT2D eigenvalue weighted by molar-refractivity contribution is -0.384. The molecule has 0 bridgehead atoms. The molecule has 0 aliphatic carbocycles. The molecule has 5 nitrogen and oxygen atoms in total. The van der Waals surface area contributed by atoms with Crippen LogP contribution in [0.25, 0.3) is 0 Å². The first-order chi connectivity index (χ1) is 9.08. The number of nitro benzene ring substituents is 1. The zero-order valence-corrected chi connectivity index (χ0v) is 12.1. The Bertz CT molecular complexity index is 422. The predicted octanol–water partition coefficient (Wildman–Crippen LogP) is 2.68. The van der Waals surface area contributed by atoms with E-state index in [1.807, 2.05) is 0 Å². The van der Waals surface area contributed by atoms with E-state index >= 15 is 0 Å². The molecular formula is C13H20ClN3O2. The Morgan fingerprint density at radius 1 is 1.37 bits per heavy atom. The maximum absolute atomic E-state index is 10.8. The first-order valence-corrected chi connectivity index (χ1v) is 6.82. The normalized spacial score (nSPS) is 10.9. The van der Waals surface area contributed by atoms with E-state index in [1.165, 1.54) is 6.07 Å². The summed E-state index contributed by atoms with van der Waals surface area (Å²) in [6.45, 7) is 8.77. The predicted molar refractivity (Wildman–Crippen MR) is 77.6 cm³/mol. The van der Waals surface area contributed by atoms with Crippen LogP contribution < -0.4 is 5.32 Å².